The highest BCUT2D eigenvalue weighted by Crippen LogP contribution is 2.37. The van der Waals surface area contributed by atoms with Crippen LogP contribution in [0.2, 0.25) is 0 Å². The molecule has 3 aromatic carbocycles. The van der Waals surface area contributed by atoms with Gasteiger partial charge in [-0.2, -0.15) is 5.26 Å². The summed E-state index contributed by atoms with van der Waals surface area (Å²) in [4.78, 5) is 10.4. The van der Waals surface area contributed by atoms with Crippen molar-refractivity contribution in [2.24, 2.45) is 11.8 Å². The van der Waals surface area contributed by atoms with E-state index in [0.29, 0.717) is 11.9 Å². The molecule has 0 aliphatic heterocycles. The van der Waals surface area contributed by atoms with Gasteiger partial charge in [0.2, 0.25) is 5.95 Å². The van der Waals surface area contributed by atoms with Gasteiger partial charge >= 0.3 is 0 Å². The molecule has 0 fully saturated rings. The molecular weight excluding hydrogens is 492 g/mol. The van der Waals surface area contributed by atoms with Gasteiger partial charge in [-0.25, -0.2) is 9.97 Å². The number of aromatic nitrogens is 3. The molecule has 0 bridgehead atoms. The molecule has 8 rings (SSSR count). The van der Waals surface area contributed by atoms with Crippen molar-refractivity contribution >= 4 is 61.5 Å². The molecule has 2 atom stereocenters. The average Bonchev–Trinajstić information content (AvgIpc) is 3.50. The normalized spacial score (nSPS) is 18.7. The molecule has 2 unspecified atom stereocenters. The Hall–Kier alpha value is -4.95. The van der Waals surface area contributed by atoms with E-state index in [-0.39, 0.29) is 5.92 Å². The molecule has 5 heteroatoms. The van der Waals surface area contributed by atoms with Gasteiger partial charge in [0.05, 0.1) is 28.1 Å². The Bertz CT molecular complexity index is 2270. The zero-order valence-electron chi connectivity index (χ0n) is 22.3. The maximum Gasteiger partial charge on any atom is 0.235 e. The van der Waals surface area contributed by atoms with E-state index >= 15 is 0 Å². The van der Waals surface area contributed by atoms with Gasteiger partial charge in [-0.1, -0.05) is 68.5 Å². The van der Waals surface area contributed by atoms with Crippen molar-refractivity contribution in [1.29, 1.82) is 5.26 Å². The van der Waals surface area contributed by atoms with E-state index in [0.717, 1.165) is 84.0 Å². The van der Waals surface area contributed by atoms with Crippen molar-refractivity contribution in [3.05, 3.63) is 94.7 Å². The van der Waals surface area contributed by atoms with Crippen molar-refractivity contribution in [2.75, 3.05) is 0 Å². The Morgan fingerprint density at radius 3 is 2.55 bits per heavy atom. The third kappa shape index (κ3) is 3.32. The number of para-hydroxylation sites is 2. The van der Waals surface area contributed by atoms with Crippen LogP contribution in [0.3, 0.4) is 0 Å². The minimum absolute atomic E-state index is 0.214. The zero-order chi connectivity index (χ0) is 27.0. The topological polar surface area (TPSA) is 67.6 Å². The van der Waals surface area contributed by atoms with Gasteiger partial charge in [-0.05, 0) is 60.6 Å². The van der Waals surface area contributed by atoms with E-state index in [9.17, 15) is 5.26 Å². The summed E-state index contributed by atoms with van der Waals surface area (Å²) < 4.78 is 8.43. The number of rotatable bonds is 2. The van der Waals surface area contributed by atoms with Crippen molar-refractivity contribution in [2.45, 2.75) is 26.7 Å². The van der Waals surface area contributed by atoms with Gasteiger partial charge in [0, 0.05) is 32.3 Å². The van der Waals surface area contributed by atoms with E-state index in [1.165, 1.54) is 0 Å². The molecule has 0 amide bonds. The summed E-state index contributed by atoms with van der Waals surface area (Å²) in [6.07, 6.45) is 10.5. The highest BCUT2D eigenvalue weighted by atomic mass is 16.3. The Kier molecular flexibility index (Phi) is 4.90. The van der Waals surface area contributed by atoms with Crippen LogP contribution < -0.4 is 10.6 Å². The van der Waals surface area contributed by atoms with Gasteiger partial charge in [-0.15, -0.1) is 0 Å². The Balaban J connectivity index is 1.48. The van der Waals surface area contributed by atoms with Crippen LogP contribution in [-0.2, 0) is 0 Å². The summed E-state index contributed by atoms with van der Waals surface area (Å²) in [7, 11) is 0. The second-order valence-electron chi connectivity index (χ2n) is 11.1. The lowest BCUT2D eigenvalue weighted by atomic mass is 9.88. The molecule has 3 heterocycles. The van der Waals surface area contributed by atoms with Crippen LogP contribution in [0.15, 0.2) is 82.8 Å². The quantitative estimate of drug-likeness (QED) is 0.249. The zero-order valence-corrected chi connectivity index (χ0v) is 22.3. The summed E-state index contributed by atoms with van der Waals surface area (Å²) in [6.45, 7) is 4.32. The molecule has 5 nitrogen and oxygen atoms in total. The summed E-state index contributed by atoms with van der Waals surface area (Å²) in [6, 6.07) is 23.4. The van der Waals surface area contributed by atoms with Crippen LogP contribution in [-0.4, -0.2) is 14.5 Å². The van der Waals surface area contributed by atoms with E-state index in [1.54, 1.807) is 0 Å². The number of nitriles is 1. The molecule has 0 saturated heterocycles. The predicted molar refractivity (Wildman–Crippen MR) is 161 cm³/mol. The minimum Gasteiger partial charge on any atom is -0.456 e. The number of hydrogen-bond donors (Lipinski definition) is 0. The van der Waals surface area contributed by atoms with Crippen molar-refractivity contribution < 1.29 is 4.42 Å². The monoisotopic (exact) mass is 518 g/mol. The summed E-state index contributed by atoms with van der Waals surface area (Å²) >= 11 is 0. The van der Waals surface area contributed by atoms with Crippen LogP contribution in [0.25, 0.3) is 67.4 Å². The second-order valence-corrected chi connectivity index (χ2v) is 11.1. The minimum atomic E-state index is 0.214. The van der Waals surface area contributed by atoms with Crippen LogP contribution in [0.1, 0.15) is 32.4 Å². The number of fused-ring (bicyclic) bond motifs is 7. The summed E-state index contributed by atoms with van der Waals surface area (Å²) in [5.74, 6) is 1.24. The van der Waals surface area contributed by atoms with Crippen LogP contribution in [0, 0.1) is 23.2 Å². The van der Waals surface area contributed by atoms with Crippen LogP contribution in [0.5, 0.6) is 0 Å². The first-order valence-electron chi connectivity index (χ1n) is 13.9. The molecule has 40 heavy (non-hydrogen) atoms. The Labute approximate surface area is 230 Å². The first kappa shape index (κ1) is 23.0. The fourth-order valence-corrected chi connectivity index (χ4v) is 6.27. The third-order valence-electron chi connectivity index (χ3n) is 8.41. The fraction of sp³-hybridized carbons (Fsp3) is 0.171. The number of furan rings is 1. The number of benzene rings is 3. The van der Waals surface area contributed by atoms with Crippen LogP contribution in [0.4, 0.5) is 0 Å². The largest absolute Gasteiger partial charge is 0.456 e. The van der Waals surface area contributed by atoms with Gasteiger partial charge in [0.1, 0.15) is 11.2 Å². The van der Waals surface area contributed by atoms with Gasteiger partial charge in [0.25, 0.3) is 0 Å². The number of allylic oxidation sites excluding steroid dienone is 4. The molecule has 0 radical (unpaired) electrons. The van der Waals surface area contributed by atoms with Gasteiger partial charge in [-0.3, -0.25) is 4.57 Å². The molecule has 2 aliphatic rings. The van der Waals surface area contributed by atoms with E-state index < -0.39 is 0 Å². The van der Waals surface area contributed by atoms with Crippen molar-refractivity contribution in [1.82, 2.24) is 14.5 Å². The standard InChI is InChI=1S/C35H26N4O/c1-20-11-14-26-29(15-20)37-35(38-34(26)22-13-12-21(2)23(16-22)19-36)39-30-9-5-3-7-24(30)27-18-33-28(17-31(27)39)25-8-4-6-10-32(25)40-33/h3-10,13-18,20-21H,11-12H2,1-2H3. The molecule has 0 spiro atoms. The SMILES string of the molecule is CC1C=c2nc(-n3c4ccccc4c4cc5oc6ccccc6c5cc43)nc(C3=CCC(C)C(C#N)=C3)c2=CC1. The molecule has 0 N–H and O–H groups in total. The molecular formula is C35H26N4O. The first-order valence-corrected chi connectivity index (χ1v) is 13.9. The lowest BCUT2D eigenvalue weighted by Gasteiger charge is -2.18. The smallest absolute Gasteiger partial charge is 0.235 e. The maximum absolute atomic E-state index is 9.78. The number of nitrogens with zero attached hydrogens (tertiary/aromatic N) is 4. The molecule has 0 saturated carbocycles. The lowest BCUT2D eigenvalue weighted by Crippen LogP contribution is -2.37. The highest BCUT2D eigenvalue weighted by Gasteiger charge is 2.21. The number of hydrogen-bond acceptors (Lipinski definition) is 4. The lowest BCUT2D eigenvalue weighted by molar-refractivity contribution is 0.669. The fourth-order valence-electron chi connectivity index (χ4n) is 6.27. The van der Waals surface area contributed by atoms with Crippen molar-refractivity contribution in [3.8, 4) is 12.0 Å². The first-order chi connectivity index (χ1) is 19.6. The van der Waals surface area contributed by atoms with E-state index in [2.05, 4.69) is 85.2 Å². The summed E-state index contributed by atoms with van der Waals surface area (Å²) in [5.41, 5.74) is 6.53. The van der Waals surface area contributed by atoms with E-state index in [1.807, 2.05) is 24.3 Å². The molecule has 192 valence electrons. The Morgan fingerprint density at radius 2 is 1.68 bits per heavy atom. The molecule has 3 aromatic heterocycles. The highest BCUT2D eigenvalue weighted by molar-refractivity contribution is 6.16. The van der Waals surface area contributed by atoms with E-state index in [4.69, 9.17) is 14.4 Å². The Morgan fingerprint density at radius 1 is 0.850 bits per heavy atom. The van der Waals surface area contributed by atoms with Gasteiger partial charge in [0.15, 0.2) is 0 Å². The molecule has 6 aromatic rings. The second kappa shape index (κ2) is 8.53. The average molecular weight is 519 g/mol. The predicted octanol–water partition coefficient (Wildman–Crippen LogP) is 6.95. The third-order valence-corrected chi connectivity index (χ3v) is 8.41. The summed E-state index contributed by atoms with van der Waals surface area (Å²) in [5, 5.41) is 16.2. The van der Waals surface area contributed by atoms with Crippen LogP contribution >= 0.6 is 0 Å². The molecule has 2 aliphatic carbocycles. The van der Waals surface area contributed by atoms with Crippen molar-refractivity contribution in [3.63, 3.8) is 0 Å². The van der Waals surface area contributed by atoms with Gasteiger partial charge < -0.3 is 4.42 Å². The maximum atomic E-state index is 9.78.